The van der Waals surface area contributed by atoms with E-state index in [0.29, 0.717) is 5.91 Å². The van der Waals surface area contributed by atoms with Gasteiger partial charge in [-0.05, 0) is 36.6 Å². The maximum atomic E-state index is 12.5. The Bertz CT molecular complexity index is 515. The number of benzene rings is 1. The molecule has 2 aliphatic rings. The van der Waals surface area contributed by atoms with E-state index in [1.54, 1.807) is 7.11 Å². The third kappa shape index (κ3) is 4.43. The molecule has 0 bridgehead atoms. The molecule has 1 saturated carbocycles. The molecule has 1 saturated heterocycles. The predicted molar refractivity (Wildman–Crippen MR) is 97.6 cm³/mol. The van der Waals surface area contributed by atoms with Crippen molar-refractivity contribution >= 4 is 11.6 Å². The van der Waals surface area contributed by atoms with Crippen molar-refractivity contribution in [1.82, 2.24) is 4.90 Å². The first-order valence-corrected chi connectivity index (χ1v) is 9.43. The van der Waals surface area contributed by atoms with Crippen LogP contribution in [-0.2, 0) is 4.79 Å². The average Bonchev–Trinajstić information content (AvgIpc) is 2.67. The summed E-state index contributed by atoms with van der Waals surface area (Å²) < 4.78 is 5.21. The number of ether oxygens (including phenoxy) is 1. The highest BCUT2D eigenvalue weighted by Crippen LogP contribution is 2.27. The summed E-state index contributed by atoms with van der Waals surface area (Å²) in [5.41, 5.74) is 1.21. The molecule has 0 atom stereocenters. The fourth-order valence-corrected chi connectivity index (χ4v) is 3.97. The summed E-state index contributed by atoms with van der Waals surface area (Å²) in [6.07, 6.45) is 8.61. The van der Waals surface area contributed by atoms with E-state index in [-0.39, 0.29) is 0 Å². The summed E-state index contributed by atoms with van der Waals surface area (Å²) in [4.78, 5) is 16.9. The third-order valence-electron chi connectivity index (χ3n) is 5.56. The van der Waals surface area contributed by atoms with Crippen molar-refractivity contribution < 1.29 is 9.53 Å². The quantitative estimate of drug-likeness (QED) is 0.825. The summed E-state index contributed by atoms with van der Waals surface area (Å²) in [6, 6.07) is 8.19. The van der Waals surface area contributed by atoms with Crippen LogP contribution < -0.4 is 9.64 Å². The number of methoxy groups -OCH3 is 1. The van der Waals surface area contributed by atoms with Crippen molar-refractivity contribution in [3.63, 3.8) is 0 Å². The molecule has 0 spiro atoms. The van der Waals surface area contributed by atoms with Gasteiger partial charge in [0.25, 0.3) is 0 Å². The fourth-order valence-electron chi connectivity index (χ4n) is 3.97. The molecular formula is C20H30N2O2. The Morgan fingerprint density at radius 3 is 2.33 bits per heavy atom. The van der Waals surface area contributed by atoms with Crippen LogP contribution >= 0.6 is 0 Å². The lowest BCUT2D eigenvalue weighted by molar-refractivity contribution is -0.131. The number of rotatable bonds is 5. The zero-order valence-electron chi connectivity index (χ0n) is 14.9. The largest absolute Gasteiger partial charge is 0.497 e. The molecule has 0 unspecified atom stereocenters. The Morgan fingerprint density at radius 1 is 1.04 bits per heavy atom. The van der Waals surface area contributed by atoms with Crippen LogP contribution in [-0.4, -0.2) is 44.1 Å². The molecule has 1 heterocycles. The lowest BCUT2D eigenvalue weighted by atomic mass is 9.86. The monoisotopic (exact) mass is 330 g/mol. The molecule has 4 nitrogen and oxygen atoms in total. The van der Waals surface area contributed by atoms with Gasteiger partial charge >= 0.3 is 0 Å². The second-order valence-corrected chi connectivity index (χ2v) is 7.11. The number of piperazine rings is 1. The van der Waals surface area contributed by atoms with Gasteiger partial charge in [-0.1, -0.05) is 32.1 Å². The number of nitrogens with zero attached hydrogens (tertiary/aromatic N) is 2. The van der Waals surface area contributed by atoms with Crippen LogP contribution in [0.15, 0.2) is 24.3 Å². The molecule has 4 heteroatoms. The van der Waals surface area contributed by atoms with Crippen molar-refractivity contribution in [2.75, 3.05) is 38.2 Å². The van der Waals surface area contributed by atoms with E-state index < -0.39 is 0 Å². The van der Waals surface area contributed by atoms with E-state index in [0.717, 1.165) is 50.7 Å². The lowest BCUT2D eigenvalue weighted by Gasteiger charge is -2.36. The molecule has 0 N–H and O–H groups in total. The van der Waals surface area contributed by atoms with E-state index >= 15 is 0 Å². The maximum Gasteiger partial charge on any atom is 0.222 e. The number of amides is 1. The Kier molecular flexibility index (Phi) is 6.00. The summed E-state index contributed by atoms with van der Waals surface area (Å²) >= 11 is 0. The van der Waals surface area contributed by atoms with Crippen LogP contribution in [0.1, 0.15) is 44.9 Å². The van der Waals surface area contributed by atoms with E-state index in [9.17, 15) is 4.79 Å². The van der Waals surface area contributed by atoms with Crippen molar-refractivity contribution in [3.05, 3.63) is 24.3 Å². The van der Waals surface area contributed by atoms with Crippen molar-refractivity contribution in [2.24, 2.45) is 5.92 Å². The second kappa shape index (κ2) is 8.41. The molecular weight excluding hydrogens is 300 g/mol. The third-order valence-corrected chi connectivity index (χ3v) is 5.56. The van der Waals surface area contributed by atoms with Crippen LogP contribution in [0, 0.1) is 5.92 Å². The molecule has 3 rings (SSSR count). The molecule has 0 aromatic heterocycles. The van der Waals surface area contributed by atoms with Gasteiger partial charge in [-0.15, -0.1) is 0 Å². The van der Waals surface area contributed by atoms with Crippen LogP contribution in [0.5, 0.6) is 5.75 Å². The molecule has 1 aromatic carbocycles. The van der Waals surface area contributed by atoms with Gasteiger partial charge in [-0.2, -0.15) is 0 Å². The number of hydrogen-bond acceptors (Lipinski definition) is 3. The lowest BCUT2D eigenvalue weighted by Crippen LogP contribution is -2.48. The maximum absolute atomic E-state index is 12.5. The Balaban J connectivity index is 1.42. The van der Waals surface area contributed by atoms with Gasteiger partial charge in [-0.3, -0.25) is 4.79 Å². The zero-order chi connectivity index (χ0) is 16.8. The molecule has 2 fully saturated rings. The van der Waals surface area contributed by atoms with E-state index in [1.165, 1.54) is 37.8 Å². The average molecular weight is 330 g/mol. The van der Waals surface area contributed by atoms with Gasteiger partial charge < -0.3 is 14.5 Å². The summed E-state index contributed by atoms with van der Waals surface area (Å²) in [7, 11) is 1.69. The van der Waals surface area contributed by atoms with Crippen molar-refractivity contribution in [1.29, 1.82) is 0 Å². The smallest absolute Gasteiger partial charge is 0.222 e. The van der Waals surface area contributed by atoms with E-state index in [1.807, 2.05) is 12.1 Å². The highest BCUT2D eigenvalue weighted by molar-refractivity contribution is 5.76. The topological polar surface area (TPSA) is 32.8 Å². The van der Waals surface area contributed by atoms with E-state index in [2.05, 4.69) is 21.9 Å². The minimum atomic E-state index is 0.356. The van der Waals surface area contributed by atoms with Crippen LogP contribution in [0.3, 0.4) is 0 Å². The van der Waals surface area contributed by atoms with Gasteiger partial charge in [0.1, 0.15) is 5.75 Å². The number of carbonyl (C=O) groups excluding carboxylic acids is 1. The Labute approximate surface area is 145 Å². The highest BCUT2D eigenvalue weighted by atomic mass is 16.5. The zero-order valence-corrected chi connectivity index (χ0v) is 14.9. The van der Waals surface area contributed by atoms with Crippen LogP contribution in [0.4, 0.5) is 5.69 Å². The molecule has 1 aliphatic carbocycles. The molecule has 1 aliphatic heterocycles. The number of hydrogen-bond donors (Lipinski definition) is 0. The summed E-state index contributed by atoms with van der Waals surface area (Å²) in [5.74, 6) is 2.04. The SMILES string of the molecule is COc1ccc(N2CCN(C(=O)CCC3CCCCC3)CC2)cc1. The normalized spacial score (nSPS) is 19.4. The van der Waals surface area contributed by atoms with E-state index in [4.69, 9.17) is 4.74 Å². The van der Waals surface area contributed by atoms with Gasteiger partial charge in [-0.25, -0.2) is 0 Å². The number of anilines is 1. The van der Waals surface area contributed by atoms with Crippen LogP contribution in [0.25, 0.3) is 0 Å². The molecule has 1 amide bonds. The number of carbonyl (C=O) groups is 1. The van der Waals surface area contributed by atoms with Crippen molar-refractivity contribution in [3.8, 4) is 5.75 Å². The molecule has 24 heavy (non-hydrogen) atoms. The summed E-state index contributed by atoms with van der Waals surface area (Å²) in [5, 5.41) is 0. The van der Waals surface area contributed by atoms with Crippen LogP contribution in [0.2, 0.25) is 0 Å². The minimum absolute atomic E-state index is 0.356. The van der Waals surface area contributed by atoms with Gasteiger partial charge in [0.15, 0.2) is 0 Å². The minimum Gasteiger partial charge on any atom is -0.497 e. The standard InChI is InChI=1S/C20H30N2O2/c1-24-19-10-8-18(9-11-19)21-13-15-22(16-14-21)20(23)12-7-17-5-3-2-4-6-17/h8-11,17H,2-7,12-16H2,1H3. The predicted octanol–water partition coefficient (Wildman–Crippen LogP) is 3.70. The molecule has 1 aromatic rings. The van der Waals surface area contributed by atoms with Gasteiger partial charge in [0.05, 0.1) is 7.11 Å². The Hall–Kier alpha value is -1.71. The molecule has 0 radical (unpaired) electrons. The van der Waals surface area contributed by atoms with Crippen molar-refractivity contribution in [2.45, 2.75) is 44.9 Å². The first kappa shape index (κ1) is 17.1. The first-order chi connectivity index (χ1) is 11.8. The fraction of sp³-hybridized carbons (Fsp3) is 0.650. The summed E-state index contributed by atoms with van der Waals surface area (Å²) in [6.45, 7) is 3.52. The second-order valence-electron chi connectivity index (χ2n) is 7.11. The van der Waals surface area contributed by atoms with Gasteiger partial charge in [0.2, 0.25) is 5.91 Å². The first-order valence-electron chi connectivity index (χ1n) is 9.43. The Morgan fingerprint density at radius 2 is 1.71 bits per heavy atom. The van der Waals surface area contributed by atoms with Gasteiger partial charge in [0, 0.05) is 38.3 Å². The highest BCUT2D eigenvalue weighted by Gasteiger charge is 2.22. The molecule has 132 valence electrons.